The largest absolute Gasteiger partial charge is 0.493 e. The molecule has 0 aromatic heterocycles. The van der Waals surface area contributed by atoms with E-state index in [0.29, 0.717) is 11.3 Å². The molecule has 1 aliphatic rings. The minimum Gasteiger partial charge on any atom is -0.493 e. The lowest BCUT2D eigenvalue weighted by atomic mass is 10.2. The number of carboxylic acid groups (broad SMARTS) is 2. The summed E-state index contributed by atoms with van der Waals surface area (Å²) in [4.78, 5) is 35.3. The first-order valence-corrected chi connectivity index (χ1v) is 8.50. The van der Waals surface area contributed by atoms with Crippen LogP contribution in [0.2, 0.25) is 0 Å². The summed E-state index contributed by atoms with van der Waals surface area (Å²) in [5.74, 6) is -2.21. The summed E-state index contributed by atoms with van der Waals surface area (Å²) >= 11 is 6.04. The van der Waals surface area contributed by atoms with Gasteiger partial charge < -0.3 is 19.7 Å². The number of rotatable bonds is 7. The molecule has 8 nitrogen and oxygen atoms in total. The second-order valence-corrected chi connectivity index (χ2v) is 6.85. The third kappa shape index (κ3) is 4.52. The molecular formula is C16H15NO7S2. The SMILES string of the molecule is COc1cc(C=C2SC(=S)N(CC(=O)O)C2=O)ccc1OC(C)C(=O)O. The van der Waals surface area contributed by atoms with Crippen molar-refractivity contribution in [1.29, 1.82) is 0 Å². The lowest BCUT2D eigenvalue weighted by Gasteiger charge is -2.14. The molecule has 0 bridgehead atoms. The van der Waals surface area contributed by atoms with E-state index < -0.39 is 30.5 Å². The van der Waals surface area contributed by atoms with Gasteiger partial charge in [0.1, 0.15) is 10.9 Å². The van der Waals surface area contributed by atoms with Gasteiger partial charge in [-0.1, -0.05) is 30.0 Å². The van der Waals surface area contributed by atoms with Gasteiger partial charge in [0.25, 0.3) is 5.91 Å². The van der Waals surface area contributed by atoms with Gasteiger partial charge in [-0.15, -0.1) is 0 Å². The van der Waals surface area contributed by atoms with E-state index in [1.165, 1.54) is 20.1 Å². The Morgan fingerprint density at radius 3 is 2.62 bits per heavy atom. The number of carbonyl (C=O) groups is 3. The third-order valence-electron chi connectivity index (χ3n) is 3.30. The molecule has 2 N–H and O–H groups in total. The van der Waals surface area contributed by atoms with Crippen molar-refractivity contribution < 1.29 is 34.1 Å². The molecule has 26 heavy (non-hydrogen) atoms. The fourth-order valence-corrected chi connectivity index (χ4v) is 3.29. The Morgan fingerprint density at radius 2 is 2.04 bits per heavy atom. The van der Waals surface area contributed by atoms with Crippen molar-refractivity contribution in [2.45, 2.75) is 13.0 Å². The number of ether oxygens (including phenoxy) is 2. The Balaban J connectivity index is 2.25. The van der Waals surface area contributed by atoms with E-state index in [0.717, 1.165) is 16.7 Å². The van der Waals surface area contributed by atoms with Crippen LogP contribution >= 0.6 is 24.0 Å². The van der Waals surface area contributed by atoms with E-state index in [2.05, 4.69) is 0 Å². The summed E-state index contributed by atoms with van der Waals surface area (Å²) in [6.07, 6.45) is 0.496. The molecule has 1 unspecified atom stereocenters. The van der Waals surface area contributed by atoms with E-state index in [9.17, 15) is 14.4 Å². The minimum atomic E-state index is -1.15. The number of methoxy groups -OCH3 is 1. The molecule has 0 aliphatic carbocycles. The standard InChI is InChI=1S/C16H15NO7S2/c1-8(15(21)22)24-10-4-3-9(5-11(10)23-2)6-12-14(20)17(7-13(18)19)16(25)26-12/h3-6,8H,7H2,1-2H3,(H,18,19)(H,21,22). The van der Waals surface area contributed by atoms with Crippen molar-refractivity contribution in [2.24, 2.45) is 0 Å². The first-order chi connectivity index (χ1) is 12.2. The number of aliphatic carboxylic acids is 2. The second kappa shape index (κ2) is 8.19. The van der Waals surface area contributed by atoms with Crippen LogP contribution in [0.15, 0.2) is 23.1 Å². The highest BCUT2D eigenvalue weighted by Crippen LogP contribution is 2.34. The predicted octanol–water partition coefficient (Wildman–Crippen LogP) is 1.83. The Kier molecular flexibility index (Phi) is 6.22. The van der Waals surface area contributed by atoms with Crippen LogP contribution in [0.3, 0.4) is 0 Å². The predicted molar refractivity (Wildman–Crippen MR) is 98.2 cm³/mol. The van der Waals surface area contributed by atoms with Gasteiger partial charge in [0.15, 0.2) is 17.6 Å². The topological polar surface area (TPSA) is 113 Å². The molecule has 0 saturated carbocycles. The van der Waals surface area contributed by atoms with Crippen LogP contribution < -0.4 is 9.47 Å². The van der Waals surface area contributed by atoms with Crippen molar-refractivity contribution in [3.63, 3.8) is 0 Å². The number of carboxylic acids is 2. The average Bonchev–Trinajstić information content (AvgIpc) is 2.83. The van der Waals surface area contributed by atoms with Crippen molar-refractivity contribution in [3.05, 3.63) is 28.7 Å². The van der Waals surface area contributed by atoms with Crippen LogP contribution in [0.1, 0.15) is 12.5 Å². The van der Waals surface area contributed by atoms with Gasteiger partial charge in [-0.2, -0.15) is 0 Å². The highest BCUT2D eigenvalue weighted by atomic mass is 32.2. The molecule has 0 radical (unpaired) electrons. The molecule has 2 rings (SSSR count). The summed E-state index contributed by atoms with van der Waals surface area (Å²) in [5.41, 5.74) is 0.591. The maximum Gasteiger partial charge on any atom is 0.344 e. The van der Waals surface area contributed by atoms with E-state index in [-0.39, 0.29) is 15.0 Å². The second-order valence-electron chi connectivity index (χ2n) is 5.17. The first-order valence-electron chi connectivity index (χ1n) is 7.27. The maximum absolute atomic E-state index is 12.3. The Bertz CT molecular complexity index is 806. The zero-order valence-electron chi connectivity index (χ0n) is 13.8. The van der Waals surface area contributed by atoms with Crippen LogP contribution in [0.25, 0.3) is 6.08 Å². The molecule has 1 heterocycles. The number of thioether (sulfide) groups is 1. The molecule has 138 valence electrons. The third-order valence-corrected chi connectivity index (χ3v) is 4.68. The smallest absolute Gasteiger partial charge is 0.344 e. The Morgan fingerprint density at radius 1 is 1.35 bits per heavy atom. The average molecular weight is 397 g/mol. The number of hydrogen-bond acceptors (Lipinski definition) is 7. The monoisotopic (exact) mass is 397 g/mol. The normalized spacial score (nSPS) is 16.7. The quantitative estimate of drug-likeness (QED) is 0.525. The molecule has 10 heteroatoms. The summed E-state index contributed by atoms with van der Waals surface area (Å²) in [5, 5.41) is 17.8. The van der Waals surface area contributed by atoms with E-state index in [4.69, 9.17) is 31.9 Å². The number of thiocarbonyl (C=S) groups is 1. The lowest BCUT2D eigenvalue weighted by molar-refractivity contribution is -0.144. The molecule has 1 amide bonds. The van der Waals surface area contributed by atoms with Crippen LogP contribution in [0.5, 0.6) is 11.5 Å². The Hall–Kier alpha value is -2.59. The minimum absolute atomic E-state index is 0.172. The number of amides is 1. The van der Waals surface area contributed by atoms with Crippen molar-refractivity contribution in [3.8, 4) is 11.5 Å². The van der Waals surface area contributed by atoms with Gasteiger partial charge in [0.05, 0.1) is 12.0 Å². The number of carbonyl (C=O) groups excluding carboxylic acids is 1. The summed E-state index contributed by atoms with van der Waals surface area (Å²) < 4.78 is 10.7. The number of hydrogen-bond donors (Lipinski definition) is 2. The highest BCUT2D eigenvalue weighted by molar-refractivity contribution is 8.26. The van der Waals surface area contributed by atoms with Crippen molar-refractivity contribution in [1.82, 2.24) is 4.90 Å². The maximum atomic E-state index is 12.3. The van der Waals surface area contributed by atoms with Crippen molar-refractivity contribution >= 4 is 52.2 Å². The van der Waals surface area contributed by atoms with E-state index in [1.807, 2.05) is 0 Å². The Labute approximate surface area is 158 Å². The van der Waals surface area contributed by atoms with Gasteiger partial charge in [0, 0.05) is 0 Å². The summed E-state index contributed by atoms with van der Waals surface area (Å²) in [6, 6.07) is 4.73. The molecule has 1 fully saturated rings. The molecule has 1 aromatic carbocycles. The van der Waals surface area contributed by atoms with Gasteiger partial charge in [-0.3, -0.25) is 14.5 Å². The molecule has 1 atom stereocenters. The fourth-order valence-electron chi connectivity index (χ4n) is 2.04. The van der Waals surface area contributed by atoms with Crippen LogP contribution in [-0.4, -0.2) is 57.0 Å². The molecule has 0 spiro atoms. The van der Waals surface area contributed by atoms with E-state index >= 15 is 0 Å². The fraction of sp³-hybridized carbons (Fsp3) is 0.250. The molecule has 1 aliphatic heterocycles. The molecule has 1 aromatic rings. The van der Waals surface area contributed by atoms with Gasteiger partial charge in [-0.25, -0.2) is 4.79 Å². The summed E-state index contributed by atoms with van der Waals surface area (Å²) in [7, 11) is 1.41. The summed E-state index contributed by atoms with van der Waals surface area (Å²) in [6.45, 7) is 0.897. The molecule has 1 saturated heterocycles. The van der Waals surface area contributed by atoms with Crippen LogP contribution in [-0.2, 0) is 14.4 Å². The van der Waals surface area contributed by atoms with Crippen LogP contribution in [0.4, 0.5) is 0 Å². The van der Waals surface area contributed by atoms with Gasteiger partial charge in [-0.05, 0) is 30.7 Å². The molecular weight excluding hydrogens is 382 g/mol. The zero-order chi connectivity index (χ0) is 19.4. The van der Waals surface area contributed by atoms with Crippen molar-refractivity contribution in [2.75, 3.05) is 13.7 Å². The first kappa shape index (κ1) is 19.7. The highest BCUT2D eigenvalue weighted by Gasteiger charge is 2.33. The van der Waals surface area contributed by atoms with Gasteiger partial charge in [0.2, 0.25) is 0 Å². The van der Waals surface area contributed by atoms with Crippen LogP contribution in [0, 0.1) is 0 Å². The lowest BCUT2D eigenvalue weighted by Crippen LogP contribution is -2.33. The van der Waals surface area contributed by atoms with E-state index in [1.54, 1.807) is 18.2 Å². The van der Waals surface area contributed by atoms with Gasteiger partial charge >= 0.3 is 11.9 Å². The number of nitrogens with zero attached hydrogens (tertiary/aromatic N) is 1. The zero-order valence-corrected chi connectivity index (χ0v) is 15.4. The number of benzene rings is 1.